The molecule has 8 nitrogen and oxygen atoms in total. The second-order valence-electron chi connectivity index (χ2n) is 4.06. The molecule has 0 saturated carbocycles. The number of hydrogen-bond donors (Lipinski definition) is 3. The predicted octanol–water partition coefficient (Wildman–Crippen LogP) is -0.633. The summed E-state index contributed by atoms with van der Waals surface area (Å²) in [5, 5.41) is 11.3. The van der Waals surface area contributed by atoms with Gasteiger partial charge < -0.3 is 10.4 Å². The zero-order chi connectivity index (χ0) is 15.3. The smallest absolute Gasteiger partial charge is 0.337 e. The van der Waals surface area contributed by atoms with E-state index in [1.807, 2.05) is 0 Å². The summed E-state index contributed by atoms with van der Waals surface area (Å²) in [5.41, 5.74) is 0.339. The number of rotatable bonds is 6. The third-order valence-electron chi connectivity index (χ3n) is 2.32. The lowest BCUT2D eigenvalue weighted by molar-refractivity contribution is 0.0694. The van der Waals surface area contributed by atoms with Crippen LogP contribution in [0.1, 0.15) is 26.5 Å². The summed E-state index contributed by atoms with van der Waals surface area (Å²) in [6.07, 6.45) is 1.02. The topological polar surface area (TPSA) is 125 Å². The Morgan fingerprint density at radius 2 is 1.95 bits per heavy atom. The van der Waals surface area contributed by atoms with Crippen LogP contribution in [0.4, 0.5) is 0 Å². The molecule has 20 heavy (non-hydrogen) atoms. The van der Waals surface area contributed by atoms with Gasteiger partial charge in [0.1, 0.15) is 5.69 Å². The molecule has 3 N–H and O–H groups in total. The van der Waals surface area contributed by atoms with E-state index >= 15 is 0 Å². The van der Waals surface area contributed by atoms with Crippen molar-refractivity contribution >= 4 is 21.9 Å². The standard InChI is InChI=1S/C11H15N3O5S/c1-7-8(11(16)17)3-4-9(14-7)10(15)12-5-6-13-20(2,18)19/h3-4,13H,5-6H2,1-2H3,(H,12,15)(H,16,17). The maximum atomic E-state index is 11.7. The van der Waals surface area contributed by atoms with Crippen LogP contribution in [0, 0.1) is 6.92 Å². The van der Waals surface area contributed by atoms with Crippen molar-refractivity contribution in [2.75, 3.05) is 19.3 Å². The summed E-state index contributed by atoms with van der Waals surface area (Å²) in [5.74, 6) is -1.61. The molecule has 1 aromatic rings. The molecule has 1 rings (SSSR count). The molecule has 0 atom stereocenters. The fourth-order valence-corrected chi connectivity index (χ4v) is 1.89. The Bertz CT molecular complexity index is 627. The number of amides is 1. The molecular formula is C11H15N3O5S. The van der Waals surface area contributed by atoms with Crippen molar-refractivity contribution < 1.29 is 23.1 Å². The van der Waals surface area contributed by atoms with Crippen LogP contribution in [0.25, 0.3) is 0 Å². The number of nitrogens with one attached hydrogen (secondary N) is 2. The van der Waals surface area contributed by atoms with Gasteiger partial charge in [0.2, 0.25) is 10.0 Å². The molecule has 0 aliphatic carbocycles. The Morgan fingerprint density at radius 1 is 1.30 bits per heavy atom. The number of aryl methyl sites for hydroxylation is 1. The van der Waals surface area contributed by atoms with E-state index in [2.05, 4.69) is 15.0 Å². The van der Waals surface area contributed by atoms with Crippen molar-refractivity contribution in [2.45, 2.75) is 6.92 Å². The molecule has 110 valence electrons. The number of aromatic nitrogens is 1. The van der Waals surface area contributed by atoms with Crippen LogP contribution in [-0.4, -0.2) is 49.7 Å². The van der Waals surface area contributed by atoms with E-state index in [0.717, 1.165) is 6.26 Å². The maximum Gasteiger partial charge on any atom is 0.337 e. The third kappa shape index (κ3) is 4.94. The van der Waals surface area contributed by atoms with Gasteiger partial charge in [-0.2, -0.15) is 0 Å². The van der Waals surface area contributed by atoms with Crippen LogP contribution >= 0.6 is 0 Å². The highest BCUT2D eigenvalue weighted by molar-refractivity contribution is 7.88. The number of aromatic carboxylic acids is 1. The van der Waals surface area contributed by atoms with Gasteiger partial charge in [-0.05, 0) is 19.1 Å². The molecule has 0 unspecified atom stereocenters. The quantitative estimate of drug-likeness (QED) is 0.600. The van der Waals surface area contributed by atoms with Gasteiger partial charge in [0, 0.05) is 13.1 Å². The second-order valence-corrected chi connectivity index (χ2v) is 5.89. The number of pyridine rings is 1. The Labute approximate surface area is 116 Å². The average Bonchev–Trinajstić information content (AvgIpc) is 2.32. The Balaban J connectivity index is 2.60. The molecule has 0 aliphatic heterocycles. The van der Waals surface area contributed by atoms with Gasteiger partial charge in [0.05, 0.1) is 17.5 Å². The van der Waals surface area contributed by atoms with Gasteiger partial charge in [-0.15, -0.1) is 0 Å². The van der Waals surface area contributed by atoms with Crippen LogP contribution in [0.2, 0.25) is 0 Å². The minimum absolute atomic E-state index is 0.0280. The first-order chi connectivity index (χ1) is 9.20. The van der Waals surface area contributed by atoms with Crippen molar-refractivity contribution in [3.05, 3.63) is 29.1 Å². The van der Waals surface area contributed by atoms with E-state index in [4.69, 9.17) is 5.11 Å². The molecule has 9 heteroatoms. The summed E-state index contributed by atoms with van der Waals surface area (Å²) in [6, 6.07) is 2.60. The zero-order valence-electron chi connectivity index (χ0n) is 11.0. The number of nitrogens with zero attached hydrogens (tertiary/aromatic N) is 1. The van der Waals surface area contributed by atoms with Crippen LogP contribution in [-0.2, 0) is 10.0 Å². The molecule has 1 amide bonds. The van der Waals surface area contributed by atoms with Crippen molar-refractivity contribution in [1.82, 2.24) is 15.0 Å². The van der Waals surface area contributed by atoms with Gasteiger partial charge in [0.15, 0.2) is 0 Å². The number of carboxylic acids is 1. The lowest BCUT2D eigenvalue weighted by Gasteiger charge is -2.06. The highest BCUT2D eigenvalue weighted by atomic mass is 32.2. The Hall–Kier alpha value is -2.00. The monoisotopic (exact) mass is 301 g/mol. The molecule has 1 aromatic heterocycles. The molecule has 1 heterocycles. The average molecular weight is 301 g/mol. The molecule has 0 fully saturated rings. The predicted molar refractivity (Wildman–Crippen MR) is 71.1 cm³/mol. The zero-order valence-corrected chi connectivity index (χ0v) is 11.8. The largest absolute Gasteiger partial charge is 0.478 e. The first-order valence-corrected chi connectivity index (χ1v) is 7.53. The summed E-state index contributed by atoms with van der Waals surface area (Å²) in [6.45, 7) is 1.66. The van der Waals surface area contributed by atoms with Crippen LogP contribution in [0.15, 0.2) is 12.1 Å². The van der Waals surface area contributed by atoms with E-state index in [0.29, 0.717) is 0 Å². The lowest BCUT2D eigenvalue weighted by Crippen LogP contribution is -2.34. The van der Waals surface area contributed by atoms with Crippen molar-refractivity contribution in [3.8, 4) is 0 Å². The van der Waals surface area contributed by atoms with Crippen LogP contribution in [0.5, 0.6) is 0 Å². The SMILES string of the molecule is Cc1nc(C(=O)NCCNS(C)(=O)=O)ccc1C(=O)O. The molecule has 0 saturated heterocycles. The van der Waals surface area contributed by atoms with E-state index < -0.39 is 21.9 Å². The van der Waals surface area contributed by atoms with E-state index in [1.165, 1.54) is 19.1 Å². The third-order valence-corrected chi connectivity index (χ3v) is 3.05. The van der Waals surface area contributed by atoms with Crippen LogP contribution in [0.3, 0.4) is 0 Å². The Kier molecular flexibility index (Phi) is 5.17. The van der Waals surface area contributed by atoms with Gasteiger partial charge in [0.25, 0.3) is 5.91 Å². The van der Waals surface area contributed by atoms with Gasteiger partial charge in [-0.1, -0.05) is 0 Å². The minimum Gasteiger partial charge on any atom is -0.478 e. The molecule has 0 bridgehead atoms. The first kappa shape index (κ1) is 16.1. The molecule has 0 aliphatic rings. The molecule has 0 radical (unpaired) electrons. The first-order valence-electron chi connectivity index (χ1n) is 5.64. The van der Waals surface area contributed by atoms with E-state index in [9.17, 15) is 18.0 Å². The fourth-order valence-electron chi connectivity index (χ4n) is 1.42. The Morgan fingerprint density at radius 3 is 2.45 bits per heavy atom. The highest BCUT2D eigenvalue weighted by Crippen LogP contribution is 2.06. The van der Waals surface area contributed by atoms with Crippen molar-refractivity contribution in [1.29, 1.82) is 0 Å². The summed E-state index contributed by atoms with van der Waals surface area (Å²) >= 11 is 0. The lowest BCUT2D eigenvalue weighted by atomic mass is 10.2. The number of carbonyl (C=O) groups excluding carboxylic acids is 1. The van der Waals surface area contributed by atoms with Gasteiger partial charge in [-0.3, -0.25) is 4.79 Å². The number of carboxylic acid groups (broad SMARTS) is 1. The summed E-state index contributed by atoms with van der Waals surface area (Å²) < 4.78 is 23.8. The highest BCUT2D eigenvalue weighted by Gasteiger charge is 2.12. The normalized spacial score (nSPS) is 11.1. The van der Waals surface area contributed by atoms with Crippen LogP contribution < -0.4 is 10.0 Å². The molecule has 0 aromatic carbocycles. The van der Waals surface area contributed by atoms with Crippen molar-refractivity contribution in [2.24, 2.45) is 0 Å². The number of hydrogen-bond acceptors (Lipinski definition) is 5. The van der Waals surface area contributed by atoms with Gasteiger partial charge in [-0.25, -0.2) is 22.9 Å². The summed E-state index contributed by atoms with van der Waals surface area (Å²) in [4.78, 5) is 26.4. The van der Waals surface area contributed by atoms with Gasteiger partial charge >= 0.3 is 5.97 Å². The fraction of sp³-hybridized carbons (Fsp3) is 0.364. The molecule has 0 spiro atoms. The second kappa shape index (κ2) is 6.44. The maximum absolute atomic E-state index is 11.7. The van der Waals surface area contributed by atoms with Crippen molar-refractivity contribution in [3.63, 3.8) is 0 Å². The molecular weight excluding hydrogens is 286 g/mol. The number of sulfonamides is 1. The van der Waals surface area contributed by atoms with E-state index in [-0.39, 0.29) is 30.0 Å². The minimum atomic E-state index is -3.29. The van der Waals surface area contributed by atoms with E-state index in [1.54, 1.807) is 0 Å². The summed E-state index contributed by atoms with van der Waals surface area (Å²) in [7, 11) is -3.29. The number of carbonyl (C=O) groups is 2.